The van der Waals surface area contributed by atoms with Gasteiger partial charge in [0.05, 0.1) is 17.4 Å². The number of aromatic nitrogens is 3. The van der Waals surface area contributed by atoms with Crippen LogP contribution in [-0.4, -0.2) is 22.0 Å². The van der Waals surface area contributed by atoms with Crippen LogP contribution in [0.1, 0.15) is 43.6 Å². The van der Waals surface area contributed by atoms with Crippen molar-refractivity contribution in [2.45, 2.75) is 45.7 Å². The van der Waals surface area contributed by atoms with Gasteiger partial charge in [0.2, 0.25) is 0 Å². The minimum Gasteiger partial charge on any atom is -0.314 e. The van der Waals surface area contributed by atoms with E-state index in [0.29, 0.717) is 6.04 Å². The van der Waals surface area contributed by atoms with Crippen molar-refractivity contribution in [3.63, 3.8) is 0 Å². The van der Waals surface area contributed by atoms with Crippen molar-refractivity contribution in [2.24, 2.45) is 5.92 Å². The fraction of sp³-hybridized carbons (Fsp3) is 0.818. The molecular weight excluding hydrogens is 188 g/mol. The first-order valence-electron chi connectivity index (χ1n) is 5.79. The molecule has 0 radical (unpaired) electrons. The summed E-state index contributed by atoms with van der Waals surface area (Å²) in [5.41, 5.74) is 2.28. The molecule has 1 N–H and O–H groups in total. The van der Waals surface area contributed by atoms with Crippen LogP contribution in [0.25, 0.3) is 0 Å². The molecule has 0 spiro atoms. The summed E-state index contributed by atoms with van der Waals surface area (Å²) >= 11 is 0. The van der Waals surface area contributed by atoms with Gasteiger partial charge in [0.25, 0.3) is 0 Å². The van der Waals surface area contributed by atoms with E-state index in [1.54, 1.807) is 0 Å². The van der Waals surface area contributed by atoms with Gasteiger partial charge in [-0.25, -0.2) is 4.68 Å². The molecule has 0 aliphatic heterocycles. The lowest BCUT2D eigenvalue weighted by Gasteiger charge is -2.31. The quantitative estimate of drug-likeness (QED) is 0.818. The van der Waals surface area contributed by atoms with E-state index in [1.165, 1.54) is 25.0 Å². The smallest absolute Gasteiger partial charge is 0.0993 e. The zero-order valence-electron chi connectivity index (χ0n) is 9.82. The normalized spacial score (nSPS) is 18.9. The minimum atomic E-state index is 0.511. The zero-order valence-corrected chi connectivity index (χ0v) is 9.82. The van der Waals surface area contributed by atoms with Gasteiger partial charge in [0, 0.05) is 6.54 Å². The van der Waals surface area contributed by atoms with Crippen LogP contribution in [0.3, 0.4) is 0 Å². The third-order valence-corrected chi connectivity index (χ3v) is 3.59. The van der Waals surface area contributed by atoms with Crippen LogP contribution < -0.4 is 5.32 Å². The molecule has 1 aliphatic carbocycles. The molecule has 1 saturated carbocycles. The van der Waals surface area contributed by atoms with Gasteiger partial charge in [-0.2, -0.15) is 0 Å². The summed E-state index contributed by atoms with van der Waals surface area (Å²) in [4.78, 5) is 0. The molecule has 1 fully saturated rings. The van der Waals surface area contributed by atoms with Gasteiger partial charge >= 0.3 is 0 Å². The maximum absolute atomic E-state index is 4.26. The molecule has 4 nitrogen and oxygen atoms in total. The molecule has 84 valence electrons. The summed E-state index contributed by atoms with van der Waals surface area (Å²) < 4.78 is 2.09. The predicted octanol–water partition coefficient (Wildman–Crippen LogP) is 1.67. The Kier molecular flexibility index (Phi) is 3.05. The molecule has 1 heterocycles. The predicted molar refractivity (Wildman–Crippen MR) is 59.6 cm³/mol. The largest absolute Gasteiger partial charge is 0.314 e. The average molecular weight is 208 g/mol. The van der Waals surface area contributed by atoms with Crippen molar-refractivity contribution in [2.75, 3.05) is 7.05 Å². The molecule has 1 aromatic heterocycles. The Morgan fingerprint density at radius 1 is 1.53 bits per heavy atom. The third-order valence-electron chi connectivity index (χ3n) is 3.59. The molecule has 1 atom stereocenters. The Bertz CT molecular complexity index is 327. The maximum Gasteiger partial charge on any atom is 0.0993 e. The van der Waals surface area contributed by atoms with Gasteiger partial charge in [0.15, 0.2) is 0 Å². The minimum absolute atomic E-state index is 0.511. The Hall–Kier alpha value is -0.900. The zero-order chi connectivity index (χ0) is 10.8. The van der Waals surface area contributed by atoms with Crippen LogP contribution in [-0.2, 0) is 6.54 Å². The van der Waals surface area contributed by atoms with E-state index in [4.69, 9.17) is 0 Å². The number of hydrogen-bond donors (Lipinski definition) is 1. The van der Waals surface area contributed by atoms with E-state index < -0.39 is 0 Å². The van der Waals surface area contributed by atoms with Gasteiger partial charge in [0.1, 0.15) is 0 Å². The first kappa shape index (κ1) is 10.6. The van der Waals surface area contributed by atoms with Gasteiger partial charge in [-0.1, -0.05) is 11.6 Å². The lowest BCUT2D eigenvalue weighted by atomic mass is 9.80. The van der Waals surface area contributed by atoms with Gasteiger partial charge < -0.3 is 5.32 Å². The summed E-state index contributed by atoms with van der Waals surface area (Å²) in [7, 11) is 1.94. The lowest BCUT2D eigenvalue weighted by molar-refractivity contribution is 0.206. The van der Waals surface area contributed by atoms with Crippen molar-refractivity contribution in [3.05, 3.63) is 11.4 Å². The number of hydrogen-bond acceptors (Lipinski definition) is 3. The van der Waals surface area contributed by atoms with Crippen molar-refractivity contribution < 1.29 is 0 Å². The first-order valence-corrected chi connectivity index (χ1v) is 5.79. The van der Waals surface area contributed by atoms with Crippen LogP contribution in [0.2, 0.25) is 0 Å². The molecule has 0 saturated heterocycles. The molecular formula is C11H20N4. The SMILES string of the molecule is CNCc1nnn(C(C)C2CCC2)c1C. The van der Waals surface area contributed by atoms with Crippen LogP contribution in [0, 0.1) is 12.8 Å². The van der Waals surface area contributed by atoms with Crippen molar-refractivity contribution in [3.8, 4) is 0 Å². The Labute approximate surface area is 91.1 Å². The lowest BCUT2D eigenvalue weighted by Crippen LogP contribution is -2.24. The van der Waals surface area contributed by atoms with E-state index in [1.807, 2.05) is 7.05 Å². The molecule has 1 unspecified atom stereocenters. The number of nitrogens with one attached hydrogen (secondary N) is 1. The fourth-order valence-electron chi connectivity index (χ4n) is 2.21. The molecule has 1 aliphatic rings. The highest BCUT2D eigenvalue weighted by molar-refractivity contribution is 5.08. The van der Waals surface area contributed by atoms with Crippen LogP contribution >= 0.6 is 0 Å². The molecule has 0 amide bonds. The molecule has 15 heavy (non-hydrogen) atoms. The van der Waals surface area contributed by atoms with E-state index >= 15 is 0 Å². The van der Waals surface area contributed by atoms with Crippen LogP contribution in [0.4, 0.5) is 0 Å². The first-order chi connectivity index (χ1) is 7.24. The van der Waals surface area contributed by atoms with Gasteiger partial charge in [-0.15, -0.1) is 5.10 Å². The van der Waals surface area contributed by atoms with E-state index in [2.05, 4.69) is 34.2 Å². The summed E-state index contributed by atoms with van der Waals surface area (Å²) in [5, 5.41) is 11.6. The monoisotopic (exact) mass is 208 g/mol. The van der Waals surface area contributed by atoms with Crippen molar-refractivity contribution in [1.82, 2.24) is 20.3 Å². The second kappa shape index (κ2) is 4.31. The van der Waals surface area contributed by atoms with E-state index in [0.717, 1.165) is 18.2 Å². The van der Waals surface area contributed by atoms with Crippen molar-refractivity contribution in [1.29, 1.82) is 0 Å². The standard InChI is InChI=1S/C11H20N4/c1-8(10-5-4-6-10)15-9(2)11(7-12-3)13-14-15/h8,10,12H,4-7H2,1-3H3. The highest BCUT2D eigenvalue weighted by atomic mass is 15.4. The number of nitrogens with zero attached hydrogens (tertiary/aromatic N) is 3. The third kappa shape index (κ3) is 1.91. The highest BCUT2D eigenvalue weighted by Gasteiger charge is 2.27. The second-order valence-corrected chi connectivity index (χ2v) is 4.53. The average Bonchev–Trinajstić information content (AvgIpc) is 2.46. The topological polar surface area (TPSA) is 42.7 Å². The molecule has 0 aromatic carbocycles. The molecule has 2 rings (SSSR count). The molecule has 1 aromatic rings. The van der Waals surface area contributed by atoms with E-state index in [-0.39, 0.29) is 0 Å². The summed E-state index contributed by atoms with van der Waals surface area (Å²) in [6.45, 7) is 5.18. The Balaban J connectivity index is 2.13. The Morgan fingerprint density at radius 2 is 2.27 bits per heavy atom. The maximum atomic E-state index is 4.26. The summed E-state index contributed by atoms with van der Waals surface area (Å²) in [5.74, 6) is 0.813. The van der Waals surface area contributed by atoms with E-state index in [9.17, 15) is 0 Å². The van der Waals surface area contributed by atoms with Crippen LogP contribution in [0.15, 0.2) is 0 Å². The van der Waals surface area contributed by atoms with Gasteiger partial charge in [-0.05, 0) is 39.7 Å². The molecule has 4 heteroatoms. The fourth-order valence-corrected chi connectivity index (χ4v) is 2.21. The summed E-state index contributed by atoms with van der Waals surface area (Å²) in [6, 6.07) is 0.511. The van der Waals surface area contributed by atoms with Gasteiger partial charge in [-0.3, -0.25) is 0 Å². The van der Waals surface area contributed by atoms with Crippen molar-refractivity contribution >= 4 is 0 Å². The van der Waals surface area contributed by atoms with Crippen LogP contribution in [0.5, 0.6) is 0 Å². The Morgan fingerprint density at radius 3 is 2.80 bits per heavy atom. The number of rotatable bonds is 4. The highest BCUT2D eigenvalue weighted by Crippen LogP contribution is 2.36. The summed E-state index contributed by atoms with van der Waals surface area (Å²) in [6.07, 6.45) is 4.08. The second-order valence-electron chi connectivity index (χ2n) is 4.53. The molecule has 0 bridgehead atoms.